The molecular weight excluding hydrogens is 222 g/mol. The van der Waals surface area contributed by atoms with Crippen LogP contribution in [0.5, 0.6) is 0 Å². The number of methoxy groups -OCH3 is 1. The topological polar surface area (TPSA) is 21.3 Å². The fourth-order valence-electron chi connectivity index (χ4n) is 1.61. The third-order valence-electron chi connectivity index (χ3n) is 2.55. The third kappa shape index (κ3) is 4.03. The van der Waals surface area contributed by atoms with Gasteiger partial charge < -0.3 is 10.1 Å². The van der Waals surface area contributed by atoms with Crippen molar-refractivity contribution in [3.8, 4) is 0 Å². The van der Waals surface area contributed by atoms with E-state index in [0.717, 1.165) is 24.3 Å². The van der Waals surface area contributed by atoms with Gasteiger partial charge >= 0.3 is 0 Å². The Morgan fingerprint density at radius 1 is 1.31 bits per heavy atom. The fourth-order valence-corrected chi connectivity index (χ4v) is 1.80. The van der Waals surface area contributed by atoms with E-state index in [9.17, 15) is 0 Å². The molecule has 0 spiro atoms. The largest absolute Gasteiger partial charge is 0.385 e. The van der Waals surface area contributed by atoms with Crippen LogP contribution in [0.25, 0.3) is 0 Å². The summed E-state index contributed by atoms with van der Waals surface area (Å²) in [5.74, 6) is 0. The quantitative estimate of drug-likeness (QED) is 0.765. The normalized spacial score (nSPS) is 14.5. The Labute approximate surface area is 103 Å². The van der Waals surface area contributed by atoms with Gasteiger partial charge in [0, 0.05) is 25.4 Å². The molecule has 90 valence electrons. The van der Waals surface area contributed by atoms with Gasteiger partial charge in [-0.25, -0.2) is 0 Å². The van der Waals surface area contributed by atoms with Crippen LogP contribution in [0.4, 0.5) is 5.69 Å². The molecule has 2 nitrogen and oxygen atoms in total. The summed E-state index contributed by atoms with van der Waals surface area (Å²) in [5, 5.41) is 3.49. The van der Waals surface area contributed by atoms with Gasteiger partial charge in [0.2, 0.25) is 0 Å². The summed E-state index contributed by atoms with van der Waals surface area (Å²) in [7, 11) is 1.72. The Bertz CT molecular complexity index is 315. The van der Waals surface area contributed by atoms with E-state index in [0.29, 0.717) is 6.04 Å². The minimum absolute atomic E-state index is 0.0262. The summed E-state index contributed by atoms with van der Waals surface area (Å²) >= 11 is 6.13. The Hall–Kier alpha value is -0.730. The molecule has 1 aromatic carbocycles. The van der Waals surface area contributed by atoms with E-state index in [1.807, 2.05) is 19.1 Å². The SMILES string of the molecule is COCCC(C)Nc1ccccc1C(C)Cl. The molecule has 0 aliphatic carbocycles. The van der Waals surface area contributed by atoms with Gasteiger partial charge in [0.05, 0.1) is 5.38 Å². The minimum atomic E-state index is 0.0262. The smallest absolute Gasteiger partial charge is 0.0577 e. The molecule has 0 heterocycles. The van der Waals surface area contributed by atoms with Crippen molar-refractivity contribution in [3.05, 3.63) is 29.8 Å². The number of alkyl halides is 1. The molecule has 0 saturated heterocycles. The zero-order valence-electron chi connectivity index (χ0n) is 10.2. The average molecular weight is 242 g/mol. The maximum absolute atomic E-state index is 6.13. The van der Waals surface area contributed by atoms with Gasteiger partial charge in [-0.05, 0) is 31.9 Å². The number of benzene rings is 1. The second-order valence-corrected chi connectivity index (χ2v) is 4.68. The summed E-state index contributed by atoms with van der Waals surface area (Å²) in [4.78, 5) is 0. The first-order valence-corrected chi connectivity index (χ1v) is 6.07. The van der Waals surface area contributed by atoms with Gasteiger partial charge in [-0.15, -0.1) is 11.6 Å². The highest BCUT2D eigenvalue weighted by Gasteiger charge is 2.09. The Morgan fingerprint density at radius 2 is 2.00 bits per heavy atom. The van der Waals surface area contributed by atoms with Crippen molar-refractivity contribution in [2.24, 2.45) is 0 Å². The van der Waals surface area contributed by atoms with Crippen LogP contribution in [0.15, 0.2) is 24.3 Å². The second-order valence-electron chi connectivity index (χ2n) is 4.03. The summed E-state index contributed by atoms with van der Waals surface area (Å²) in [5.41, 5.74) is 2.27. The lowest BCUT2D eigenvalue weighted by atomic mass is 10.1. The number of halogens is 1. The molecule has 1 rings (SSSR count). The van der Waals surface area contributed by atoms with E-state index in [-0.39, 0.29) is 5.38 Å². The first-order valence-electron chi connectivity index (χ1n) is 5.63. The third-order valence-corrected chi connectivity index (χ3v) is 2.78. The molecular formula is C13H20ClNO. The van der Waals surface area contributed by atoms with Crippen molar-refractivity contribution in [2.75, 3.05) is 19.0 Å². The Balaban J connectivity index is 2.65. The van der Waals surface area contributed by atoms with Gasteiger partial charge in [0.1, 0.15) is 0 Å². The molecule has 0 amide bonds. The van der Waals surface area contributed by atoms with Gasteiger partial charge in [-0.2, -0.15) is 0 Å². The lowest BCUT2D eigenvalue weighted by molar-refractivity contribution is 0.191. The summed E-state index contributed by atoms with van der Waals surface area (Å²) in [6, 6.07) is 8.55. The summed E-state index contributed by atoms with van der Waals surface area (Å²) in [6.45, 7) is 4.91. The van der Waals surface area contributed by atoms with E-state index in [2.05, 4.69) is 24.4 Å². The number of anilines is 1. The predicted octanol–water partition coefficient (Wildman–Crippen LogP) is 3.82. The minimum Gasteiger partial charge on any atom is -0.385 e. The molecule has 0 fully saturated rings. The lowest BCUT2D eigenvalue weighted by Crippen LogP contribution is -2.18. The monoisotopic (exact) mass is 241 g/mol. The zero-order valence-corrected chi connectivity index (χ0v) is 10.9. The summed E-state index contributed by atoms with van der Waals surface area (Å²) < 4.78 is 5.06. The number of nitrogens with one attached hydrogen (secondary N) is 1. The highest BCUT2D eigenvalue weighted by Crippen LogP contribution is 2.27. The second kappa shape index (κ2) is 6.77. The summed E-state index contributed by atoms with van der Waals surface area (Å²) in [6.07, 6.45) is 0.988. The molecule has 16 heavy (non-hydrogen) atoms. The number of rotatable bonds is 6. The maximum atomic E-state index is 6.13. The van der Waals surface area contributed by atoms with Crippen molar-refractivity contribution < 1.29 is 4.74 Å². The van der Waals surface area contributed by atoms with Gasteiger partial charge in [0.15, 0.2) is 0 Å². The predicted molar refractivity (Wildman–Crippen MR) is 70.3 cm³/mol. The molecule has 3 heteroatoms. The molecule has 1 N–H and O–H groups in total. The van der Waals surface area contributed by atoms with Crippen LogP contribution >= 0.6 is 11.6 Å². The Morgan fingerprint density at radius 3 is 2.62 bits per heavy atom. The standard InChI is InChI=1S/C13H20ClNO/c1-10(8-9-16-3)15-13-7-5-4-6-12(13)11(2)14/h4-7,10-11,15H,8-9H2,1-3H3. The van der Waals surface area contributed by atoms with Crippen molar-refractivity contribution in [1.29, 1.82) is 0 Å². The number of ether oxygens (including phenoxy) is 1. The van der Waals surface area contributed by atoms with Crippen LogP contribution in [0.2, 0.25) is 0 Å². The van der Waals surface area contributed by atoms with Crippen LogP contribution in [0.3, 0.4) is 0 Å². The van der Waals surface area contributed by atoms with Crippen LogP contribution < -0.4 is 5.32 Å². The highest BCUT2D eigenvalue weighted by atomic mass is 35.5. The van der Waals surface area contributed by atoms with Crippen LogP contribution in [-0.4, -0.2) is 19.8 Å². The molecule has 0 aromatic heterocycles. The Kier molecular flexibility index (Phi) is 5.64. The van der Waals surface area contributed by atoms with Crippen LogP contribution in [0.1, 0.15) is 31.2 Å². The molecule has 2 unspecified atom stereocenters. The van der Waals surface area contributed by atoms with E-state index in [4.69, 9.17) is 16.3 Å². The molecule has 0 bridgehead atoms. The van der Waals surface area contributed by atoms with Gasteiger partial charge in [0.25, 0.3) is 0 Å². The molecule has 2 atom stereocenters. The van der Waals surface area contributed by atoms with E-state index in [1.165, 1.54) is 0 Å². The molecule has 0 saturated carbocycles. The lowest BCUT2D eigenvalue weighted by Gasteiger charge is -2.18. The average Bonchev–Trinajstić information content (AvgIpc) is 2.27. The fraction of sp³-hybridized carbons (Fsp3) is 0.538. The molecule has 1 aromatic rings. The number of para-hydroxylation sites is 1. The first kappa shape index (κ1) is 13.3. The van der Waals surface area contributed by atoms with Gasteiger partial charge in [-0.1, -0.05) is 18.2 Å². The zero-order chi connectivity index (χ0) is 12.0. The van der Waals surface area contributed by atoms with Crippen molar-refractivity contribution in [2.45, 2.75) is 31.7 Å². The van der Waals surface area contributed by atoms with E-state index in [1.54, 1.807) is 7.11 Å². The highest BCUT2D eigenvalue weighted by molar-refractivity contribution is 6.21. The van der Waals surface area contributed by atoms with Crippen molar-refractivity contribution >= 4 is 17.3 Å². The van der Waals surface area contributed by atoms with Crippen LogP contribution in [0, 0.1) is 0 Å². The molecule has 0 aliphatic rings. The first-order chi connectivity index (χ1) is 7.65. The van der Waals surface area contributed by atoms with Crippen molar-refractivity contribution in [1.82, 2.24) is 0 Å². The molecule has 0 aliphatic heterocycles. The van der Waals surface area contributed by atoms with Crippen molar-refractivity contribution in [3.63, 3.8) is 0 Å². The van der Waals surface area contributed by atoms with Crippen LogP contribution in [-0.2, 0) is 4.74 Å². The van der Waals surface area contributed by atoms with E-state index >= 15 is 0 Å². The molecule has 0 radical (unpaired) electrons. The maximum Gasteiger partial charge on any atom is 0.0577 e. The van der Waals surface area contributed by atoms with Gasteiger partial charge in [-0.3, -0.25) is 0 Å². The number of hydrogen-bond acceptors (Lipinski definition) is 2. The van der Waals surface area contributed by atoms with E-state index < -0.39 is 0 Å². The number of hydrogen-bond donors (Lipinski definition) is 1.